The van der Waals surface area contributed by atoms with Crippen LogP contribution >= 0.6 is 0 Å². The molecule has 0 saturated heterocycles. The first-order valence-corrected chi connectivity index (χ1v) is 8.93. The first-order chi connectivity index (χ1) is 12.3. The van der Waals surface area contributed by atoms with Crippen LogP contribution in [-0.4, -0.2) is 5.78 Å². The molecular weight excluding hydrogens is 304 g/mol. The predicted octanol–water partition coefficient (Wildman–Crippen LogP) is 5.50. The van der Waals surface area contributed by atoms with Crippen molar-refractivity contribution in [2.75, 3.05) is 0 Å². The molecule has 0 bridgehead atoms. The van der Waals surface area contributed by atoms with E-state index in [9.17, 15) is 4.79 Å². The first-order valence-electron chi connectivity index (χ1n) is 8.93. The molecule has 0 saturated carbocycles. The van der Waals surface area contributed by atoms with Crippen LogP contribution < -0.4 is 0 Å². The smallest absolute Gasteiger partial charge is 0.167 e. The largest absolute Gasteiger partial charge is 0.294 e. The summed E-state index contributed by atoms with van der Waals surface area (Å²) >= 11 is 0. The van der Waals surface area contributed by atoms with Crippen LogP contribution in [0.25, 0.3) is 32.7 Å². The van der Waals surface area contributed by atoms with Crippen LogP contribution in [0.1, 0.15) is 27.0 Å². The lowest BCUT2D eigenvalue weighted by atomic mass is 9.89. The van der Waals surface area contributed by atoms with E-state index in [0.717, 1.165) is 24.0 Å². The lowest BCUT2D eigenvalue weighted by Gasteiger charge is -2.14. The van der Waals surface area contributed by atoms with E-state index in [-0.39, 0.29) is 5.78 Å². The molecule has 1 nitrogen and oxygen atoms in total. The van der Waals surface area contributed by atoms with Gasteiger partial charge in [-0.05, 0) is 56.8 Å². The molecule has 0 spiro atoms. The van der Waals surface area contributed by atoms with Gasteiger partial charge in [0.15, 0.2) is 5.78 Å². The number of ketones is 1. The zero-order chi connectivity index (χ0) is 16.5. The highest BCUT2D eigenvalue weighted by atomic mass is 16.1. The van der Waals surface area contributed by atoms with E-state index < -0.39 is 0 Å². The fourth-order valence-corrected chi connectivity index (χ4v) is 4.82. The third-order valence-electron chi connectivity index (χ3n) is 5.93. The highest BCUT2D eigenvalue weighted by molar-refractivity contribution is 6.20. The van der Waals surface area contributed by atoms with Crippen molar-refractivity contribution in [3.63, 3.8) is 0 Å². The Morgan fingerprint density at radius 2 is 1.36 bits per heavy atom. The van der Waals surface area contributed by atoms with E-state index in [2.05, 4.69) is 60.7 Å². The average Bonchev–Trinajstić information content (AvgIpc) is 3.02. The first kappa shape index (κ1) is 13.4. The van der Waals surface area contributed by atoms with Crippen molar-refractivity contribution < 1.29 is 4.79 Å². The molecule has 0 radical (unpaired) electrons. The molecule has 0 atom stereocenters. The number of Topliss-reactive ketones (excluding diaryl/α,β-unsaturated/α-hetero) is 1. The van der Waals surface area contributed by atoms with Crippen molar-refractivity contribution in [2.45, 2.75) is 19.3 Å². The molecule has 2 aliphatic carbocycles. The van der Waals surface area contributed by atoms with Crippen molar-refractivity contribution in [3.8, 4) is 11.1 Å². The van der Waals surface area contributed by atoms with Crippen molar-refractivity contribution in [1.82, 2.24) is 0 Å². The van der Waals surface area contributed by atoms with Crippen LogP contribution in [0.3, 0.4) is 0 Å². The molecule has 0 fully saturated rings. The molecule has 4 aromatic rings. The van der Waals surface area contributed by atoms with Crippen LogP contribution in [-0.2, 0) is 19.3 Å². The van der Waals surface area contributed by atoms with E-state index in [1.54, 1.807) is 0 Å². The van der Waals surface area contributed by atoms with Crippen molar-refractivity contribution in [2.24, 2.45) is 0 Å². The van der Waals surface area contributed by atoms with Crippen LogP contribution in [0.2, 0.25) is 0 Å². The average molecular weight is 320 g/mol. The van der Waals surface area contributed by atoms with E-state index in [4.69, 9.17) is 0 Å². The molecule has 25 heavy (non-hydrogen) atoms. The fourth-order valence-electron chi connectivity index (χ4n) is 4.82. The number of hydrogen-bond acceptors (Lipinski definition) is 1. The van der Waals surface area contributed by atoms with Gasteiger partial charge in [0.1, 0.15) is 0 Å². The number of carbonyl (C=O) groups is 1. The summed E-state index contributed by atoms with van der Waals surface area (Å²) in [6.45, 7) is 0. The van der Waals surface area contributed by atoms with Gasteiger partial charge in [-0.2, -0.15) is 0 Å². The SMILES string of the molecule is O=C1Cc2ccc3ccccc3c2-c2ccc3c4c(ccc1c24)CC3. The molecule has 0 aliphatic heterocycles. The zero-order valence-electron chi connectivity index (χ0n) is 13.8. The second-order valence-corrected chi connectivity index (χ2v) is 7.22. The summed E-state index contributed by atoms with van der Waals surface area (Å²) in [6, 6.07) is 21.6. The summed E-state index contributed by atoms with van der Waals surface area (Å²) in [4.78, 5) is 13.0. The molecule has 0 aromatic heterocycles. The summed E-state index contributed by atoms with van der Waals surface area (Å²) in [5.41, 5.74) is 7.32. The van der Waals surface area contributed by atoms with Gasteiger partial charge < -0.3 is 0 Å². The highest BCUT2D eigenvalue weighted by Gasteiger charge is 2.26. The molecule has 2 aliphatic rings. The van der Waals surface area contributed by atoms with Gasteiger partial charge in [0.2, 0.25) is 0 Å². The summed E-state index contributed by atoms with van der Waals surface area (Å²) in [5.74, 6) is 0.242. The Labute approximate surface area is 145 Å². The maximum atomic E-state index is 13.0. The minimum atomic E-state index is 0.242. The van der Waals surface area contributed by atoms with Gasteiger partial charge in [-0.3, -0.25) is 4.79 Å². The van der Waals surface area contributed by atoms with Crippen LogP contribution in [0, 0.1) is 0 Å². The Morgan fingerprint density at radius 1 is 0.640 bits per heavy atom. The number of rotatable bonds is 0. The van der Waals surface area contributed by atoms with Gasteiger partial charge in [-0.1, -0.05) is 60.7 Å². The Bertz CT molecular complexity index is 1220. The number of carbonyl (C=O) groups excluding carboxylic acids is 1. The summed E-state index contributed by atoms with van der Waals surface area (Å²) in [6.07, 6.45) is 2.66. The van der Waals surface area contributed by atoms with Gasteiger partial charge in [0.05, 0.1) is 0 Å². The van der Waals surface area contributed by atoms with E-state index in [1.165, 1.54) is 43.8 Å². The molecule has 0 N–H and O–H groups in total. The zero-order valence-corrected chi connectivity index (χ0v) is 13.8. The maximum absolute atomic E-state index is 13.0. The van der Waals surface area contributed by atoms with Gasteiger partial charge >= 0.3 is 0 Å². The van der Waals surface area contributed by atoms with Gasteiger partial charge in [0.25, 0.3) is 0 Å². The quantitative estimate of drug-likeness (QED) is 0.418. The van der Waals surface area contributed by atoms with Crippen molar-refractivity contribution in [1.29, 1.82) is 0 Å². The topological polar surface area (TPSA) is 17.1 Å². The van der Waals surface area contributed by atoms with Crippen LogP contribution in [0.15, 0.2) is 60.7 Å². The number of fused-ring (bicyclic) bond motifs is 4. The molecule has 6 rings (SSSR count). The molecule has 118 valence electrons. The Hall–Kier alpha value is -2.93. The standard InChI is InChI=1S/C24H16O/c25-21-13-17-8-5-14-3-1-2-4-18(14)23(17)20-12-10-16-7-6-15-9-11-19(21)24(20)22(15)16/h1-5,8-12H,6-7,13H2. The normalized spacial score (nSPS) is 14.8. The number of benzene rings is 4. The third kappa shape index (κ3) is 1.65. The lowest BCUT2D eigenvalue weighted by Crippen LogP contribution is -2.03. The summed E-state index contributed by atoms with van der Waals surface area (Å²) in [7, 11) is 0. The molecular formula is C24H16O. The Morgan fingerprint density at radius 3 is 2.20 bits per heavy atom. The molecule has 0 heterocycles. The van der Waals surface area contributed by atoms with Crippen molar-refractivity contribution in [3.05, 3.63) is 82.9 Å². The van der Waals surface area contributed by atoms with Crippen molar-refractivity contribution >= 4 is 27.3 Å². The number of hydrogen-bond donors (Lipinski definition) is 0. The van der Waals surface area contributed by atoms with Gasteiger partial charge in [-0.15, -0.1) is 0 Å². The minimum Gasteiger partial charge on any atom is -0.294 e. The summed E-state index contributed by atoms with van der Waals surface area (Å²) in [5, 5.41) is 5.01. The minimum absolute atomic E-state index is 0.242. The maximum Gasteiger partial charge on any atom is 0.167 e. The Kier molecular flexibility index (Phi) is 2.45. The molecule has 1 heteroatoms. The predicted molar refractivity (Wildman–Crippen MR) is 102 cm³/mol. The van der Waals surface area contributed by atoms with E-state index in [0.29, 0.717) is 6.42 Å². The van der Waals surface area contributed by atoms with Crippen LogP contribution in [0.4, 0.5) is 0 Å². The van der Waals surface area contributed by atoms with E-state index >= 15 is 0 Å². The number of aryl methyl sites for hydroxylation is 2. The molecule has 0 unspecified atom stereocenters. The Balaban J connectivity index is 1.88. The molecule has 4 aromatic carbocycles. The lowest BCUT2D eigenvalue weighted by molar-refractivity contribution is 0.0995. The second-order valence-electron chi connectivity index (χ2n) is 7.22. The van der Waals surface area contributed by atoms with E-state index in [1.807, 2.05) is 0 Å². The second kappa shape index (κ2) is 4.58. The van der Waals surface area contributed by atoms with Gasteiger partial charge in [-0.25, -0.2) is 0 Å². The fraction of sp³-hybridized carbons (Fsp3) is 0.125. The van der Waals surface area contributed by atoms with Crippen LogP contribution in [0.5, 0.6) is 0 Å². The third-order valence-corrected chi connectivity index (χ3v) is 5.93. The molecule has 0 amide bonds. The summed E-state index contributed by atoms with van der Waals surface area (Å²) < 4.78 is 0. The monoisotopic (exact) mass is 320 g/mol. The highest BCUT2D eigenvalue weighted by Crippen LogP contribution is 2.44. The van der Waals surface area contributed by atoms with Gasteiger partial charge in [0, 0.05) is 17.4 Å².